The summed E-state index contributed by atoms with van der Waals surface area (Å²) in [5.74, 6) is 0.717. The lowest BCUT2D eigenvalue weighted by atomic mass is 10.3. The summed E-state index contributed by atoms with van der Waals surface area (Å²) in [6, 6.07) is 3.98. The maximum absolute atomic E-state index is 12.0. The van der Waals surface area contributed by atoms with Gasteiger partial charge in [0.25, 0.3) is 5.56 Å². The average Bonchev–Trinajstić information content (AvgIpc) is 3.06. The zero-order chi connectivity index (χ0) is 16.4. The number of aromatic nitrogens is 4. The molecule has 0 unspecified atom stereocenters. The Morgan fingerprint density at radius 2 is 2.22 bits per heavy atom. The van der Waals surface area contributed by atoms with E-state index >= 15 is 0 Å². The largest absolute Gasteiger partial charge is 0.308 e. The van der Waals surface area contributed by atoms with Crippen LogP contribution in [0.15, 0.2) is 22.3 Å². The van der Waals surface area contributed by atoms with Crippen LogP contribution in [0.5, 0.6) is 0 Å². The van der Waals surface area contributed by atoms with Crippen molar-refractivity contribution in [3.63, 3.8) is 0 Å². The summed E-state index contributed by atoms with van der Waals surface area (Å²) in [5, 5.41) is 6.37. The van der Waals surface area contributed by atoms with E-state index in [2.05, 4.69) is 33.0 Å². The summed E-state index contributed by atoms with van der Waals surface area (Å²) in [6.45, 7) is 6.55. The molecular formula is C16H21N5OS. The number of thiophene rings is 1. The lowest BCUT2D eigenvalue weighted by Crippen LogP contribution is -2.23. The molecule has 0 fully saturated rings. The second-order valence-electron chi connectivity index (χ2n) is 5.89. The third-order valence-corrected chi connectivity index (χ3v) is 4.70. The predicted molar refractivity (Wildman–Crippen MR) is 92.9 cm³/mol. The Hall–Kier alpha value is -1.99. The van der Waals surface area contributed by atoms with E-state index in [9.17, 15) is 4.79 Å². The van der Waals surface area contributed by atoms with Crippen LogP contribution in [0.2, 0.25) is 0 Å². The average molecular weight is 331 g/mol. The zero-order valence-electron chi connectivity index (χ0n) is 13.7. The predicted octanol–water partition coefficient (Wildman–Crippen LogP) is 2.32. The molecule has 0 atom stereocenters. The van der Waals surface area contributed by atoms with Crippen LogP contribution in [-0.4, -0.2) is 38.2 Å². The van der Waals surface area contributed by atoms with Gasteiger partial charge in [-0.2, -0.15) is 5.10 Å². The summed E-state index contributed by atoms with van der Waals surface area (Å²) < 4.78 is 2.74. The van der Waals surface area contributed by atoms with Gasteiger partial charge in [0.1, 0.15) is 10.5 Å². The van der Waals surface area contributed by atoms with Crippen molar-refractivity contribution >= 4 is 21.6 Å². The van der Waals surface area contributed by atoms with E-state index in [4.69, 9.17) is 0 Å². The Morgan fingerprint density at radius 1 is 1.39 bits per heavy atom. The molecule has 3 rings (SSSR count). The van der Waals surface area contributed by atoms with Gasteiger partial charge in [0.05, 0.1) is 17.8 Å². The van der Waals surface area contributed by atoms with Gasteiger partial charge in [0.15, 0.2) is 0 Å². The highest BCUT2D eigenvalue weighted by Gasteiger charge is 2.08. The van der Waals surface area contributed by atoms with Gasteiger partial charge in [0, 0.05) is 18.8 Å². The fourth-order valence-corrected chi connectivity index (χ4v) is 3.45. The number of H-pyrrole nitrogens is 1. The maximum atomic E-state index is 12.0. The fraction of sp³-hybridized carbons (Fsp3) is 0.438. The van der Waals surface area contributed by atoms with Crippen LogP contribution in [0.25, 0.3) is 10.2 Å². The van der Waals surface area contributed by atoms with Gasteiger partial charge < -0.3 is 4.98 Å². The molecule has 0 spiro atoms. The number of aromatic amines is 1. The minimum absolute atomic E-state index is 0.0453. The number of nitrogens with one attached hydrogen (secondary N) is 1. The van der Waals surface area contributed by atoms with Crippen molar-refractivity contribution in [1.82, 2.24) is 24.6 Å². The van der Waals surface area contributed by atoms with Gasteiger partial charge in [-0.3, -0.25) is 14.4 Å². The Balaban J connectivity index is 1.57. The Morgan fingerprint density at radius 3 is 2.96 bits per heavy atom. The van der Waals surface area contributed by atoms with Gasteiger partial charge in [-0.15, -0.1) is 11.3 Å². The topological polar surface area (TPSA) is 66.8 Å². The number of rotatable bonds is 6. The van der Waals surface area contributed by atoms with Crippen LogP contribution in [0.3, 0.4) is 0 Å². The molecule has 3 aromatic rings. The smallest absolute Gasteiger partial charge is 0.268 e. The van der Waals surface area contributed by atoms with E-state index in [1.54, 1.807) is 0 Å². The van der Waals surface area contributed by atoms with Crippen molar-refractivity contribution in [3.05, 3.63) is 45.1 Å². The van der Waals surface area contributed by atoms with Gasteiger partial charge in [0.2, 0.25) is 0 Å². The molecular weight excluding hydrogens is 310 g/mol. The van der Waals surface area contributed by atoms with E-state index < -0.39 is 0 Å². The molecule has 0 bridgehead atoms. The molecule has 0 amide bonds. The Kier molecular flexibility index (Phi) is 4.58. The SMILES string of the molecule is Cc1cc(C)n(CCCN(C)Cc2nc3ccsc3c(=O)[nH]2)n1. The van der Waals surface area contributed by atoms with Gasteiger partial charge >= 0.3 is 0 Å². The normalized spacial score (nSPS) is 11.7. The first-order valence-electron chi connectivity index (χ1n) is 7.69. The molecule has 3 aromatic heterocycles. The monoisotopic (exact) mass is 331 g/mol. The van der Waals surface area contributed by atoms with E-state index in [1.165, 1.54) is 17.0 Å². The van der Waals surface area contributed by atoms with Crippen LogP contribution >= 0.6 is 11.3 Å². The van der Waals surface area contributed by atoms with E-state index in [1.807, 2.05) is 30.1 Å². The molecule has 0 aliphatic heterocycles. The summed E-state index contributed by atoms with van der Waals surface area (Å²) in [4.78, 5) is 21.5. The highest BCUT2D eigenvalue weighted by atomic mass is 32.1. The highest BCUT2D eigenvalue weighted by Crippen LogP contribution is 2.14. The van der Waals surface area contributed by atoms with Crippen LogP contribution in [0, 0.1) is 13.8 Å². The highest BCUT2D eigenvalue weighted by molar-refractivity contribution is 7.17. The number of nitrogens with zero attached hydrogens (tertiary/aromatic N) is 4. The van der Waals surface area contributed by atoms with E-state index in [0.717, 1.165) is 36.5 Å². The van der Waals surface area contributed by atoms with Crippen LogP contribution in [0.1, 0.15) is 23.6 Å². The zero-order valence-corrected chi connectivity index (χ0v) is 14.5. The van der Waals surface area contributed by atoms with Gasteiger partial charge in [-0.1, -0.05) is 0 Å². The number of aryl methyl sites for hydroxylation is 3. The van der Waals surface area contributed by atoms with E-state index in [-0.39, 0.29) is 5.56 Å². The molecule has 3 heterocycles. The molecule has 0 aliphatic rings. The van der Waals surface area contributed by atoms with Gasteiger partial charge in [-0.05, 0) is 44.8 Å². The molecule has 0 aromatic carbocycles. The lowest BCUT2D eigenvalue weighted by Gasteiger charge is -2.16. The van der Waals surface area contributed by atoms with Crippen molar-refractivity contribution in [3.8, 4) is 0 Å². The Bertz CT molecular complexity index is 863. The first-order chi connectivity index (χ1) is 11.0. The second-order valence-corrected chi connectivity index (χ2v) is 6.81. The third kappa shape index (κ3) is 3.68. The number of hydrogen-bond donors (Lipinski definition) is 1. The van der Waals surface area contributed by atoms with Crippen molar-refractivity contribution in [1.29, 1.82) is 0 Å². The number of fused-ring (bicyclic) bond motifs is 1. The molecule has 0 saturated heterocycles. The van der Waals surface area contributed by atoms with Crippen LogP contribution in [-0.2, 0) is 13.1 Å². The minimum Gasteiger partial charge on any atom is -0.308 e. The molecule has 1 N–H and O–H groups in total. The quantitative estimate of drug-likeness (QED) is 0.753. The van der Waals surface area contributed by atoms with Crippen molar-refractivity contribution < 1.29 is 0 Å². The van der Waals surface area contributed by atoms with Gasteiger partial charge in [-0.25, -0.2) is 4.98 Å². The summed E-state index contributed by atoms with van der Waals surface area (Å²) in [5.41, 5.74) is 2.99. The lowest BCUT2D eigenvalue weighted by molar-refractivity contribution is 0.303. The fourth-order valence-electron chi connectivity index (χ4n) is 2.72. The van der Waals surface area contributed by atoms with Crippen molar-refractivity contribution in [2.45, 2.75) is 33.4 Å². The molecule has 7 heteroatoms. The number of hydrogen-bond acceptors (Lipinski definition) is 5. The molecule has 0 aliphatic carbocycles. The molecule has 6 nitrogen and oxygen atoms in total. The second kappa shape index (κ2) is 6.64. The van der Waals surface area contributed by atoms with Crippen LogP contribution in [0.4, 0.5) is 0 Å². The molecule has 23 heavy (non-hydrogen) atoms. The molecule has 0 saturated carbocycles. The third-order valence-electron chi connectivity index (χ3n) is 3.80. The van der Waals surface area contributed by atoms with Crippen LogP contribution < -0.4 is 5.56 Å². The first-order valence-corrected chi connectivity index (χ1v) is 8.57. The molecule has 0 radical (unpaired) electrons. The Labute approximate surface area is 138 Å². The minimum atomic E-state index is -0.0453. The van der Waals surface area contributed by atoms with Crippen molar-refractivity contribution in [2.24, 2.45) is 0 Å². The van der Waals surface area contributed by atoms with Crippen molar-refractivity contribution in [2.75, 3.05) is 13.6 Å². The van der Waals surface area contributed by atoms with E-state index in [0.29, 0.717) is 11.2 Å². The standard InChI is InChI=1S/C16H21N5OS/c1-11-9-12(2)21(19-11)7-4-6-20(3)10-14-17-13-5-8-23-15(13)16(22)18-14/h5,8-9H,4,6-7,10H2,1-3H3,(H,17,18,22). The summed E-state index contributed by atoms with van der Waals surface area (Å²) >= 11 is 1.43. The maximum Gasteiger partial charge on any atom is 0.268 e. The summed E-state index contributed by atoms with van der Waals surface area (Å²) in [6.07, 6.45) is 1.00. The summed E-state index contributed by atoms with van der Waals surface area (Å²) in [7, 11) is 2.04. The molecule has 122 valence electrons. The first kappa shape index (κ1) is 15.9.